The summed E-state index contributed by atoms with van der Waals surface area (Å²) in [5.41, 5.74) is 3.02. The molecule has 0 aliphatic carbocycles. The molecule has 0 atom stereocenters. The predicted molar refractivity (Wildman–Crippen MR) is 134 cm³/mol. The lowest BCUT2D eigenvalue weighted by molar-refractivity contribution is 0.0633. The molecule has 8 heteroatoms. The standard InChI is InChI=1S/C25H26Cl2N2O3S/c1-17-6-7-22(23(12-17)31-2)32-15-18-13-24(33-16-18)25(30)29-10-8-28(9-11-29)14-19-20(26)4-3-5-21(19)27/h3-7,12-13,16H,8-11,14-15H2,1-2H3. The van der Waals surface area contributed by atoms with Crippen molar-refractivity contribution < 1.29 is 14.3 Å². The van der Waals surface area contributed by atoms with Crippen molar-refractivity contribution in [3.05, 3.63) is 79.5 Å². The van der Waals surface area contributed by atoms with Crippen molar-refractivity contribution in [2.24, 2.45) is 0 Å². The summed E-state index contributed by atoms with van der Waals surface area (Å²) in [6, 6.07) is 13.3. The van der Waals surface area contributed by atoms with Crippen molar-refractivity contribution >= 4 is 40.4 Å². The molecule has 1 amide bonds. The summed E-state index contributed by atoms with van der Waals surface area (Å²) in [7, 11) is 1.63. The number of methoxy groups -OCH3 is 1. The van der Waals surface area contributed by atoms with E-state index in [0.717, 1.165) is 34.7 Å². The maximum atomic E-state index is 13.0. The smallest absolute Gasteiger partial charge is 0.264 e. The summed E-state index contributed by atoms with van der Waals surface area (Å²) in [5, 5.41) is 3.33. The minimum Gasteiger partial charge on any atom is -0.493 e. The number of rotatable bonds is 7. The van der Waals surface area contributed by atoms with Gasteiger partial charge < -0.3 is 14.4 Å². The maximum Gasteiger partial charge on any atom is 0.264 e. The first-order chi connectivity index (χ1) is 15.9. The molecule has 0 saturated carbocycles. The Morgan fingerprint density at radius 1 is 1.03 bits per heavy atom. The third-order valence-corrected chi connectivity index (χ3v) is 7.36. The first-order valence-electron chi connectivity index (χ1n) is 10.7. The third-order valence-electron chi connectivity index (χ3n) is 5.68. The van der Waals surface area contributed by atoms with Crippen LogP contribution < -0.4 is 9.47 Å². The Morgan fingerprint density at radius 2 is 1.76 bits per heavy atom. The van der Waals surface area contributed by atoms with Gasteiger partial charge in [-0.15, -0.1) is 11.3 Å². The van der Waals surface area contributed by atoms with Crippen LogP contribution in [0, 0.1) is 6.92 Å². The molecule has 1 saturated heterocycles. The topological polar surface area (TPSA) is 42.0 Å². The minimum atomic E-state index is 0.0644. The molecule has 5 nitrogen and oxygen atoms in total. The summed E-state index contributed by atoms with van der Waals surface area (Å²) in [6.07, 6.45) is 0. The van der Waals surface area contributed by atoms with Crippen LogP contribution in [0.5, 0.6) is 11.5 Å². The van der Waals surface area contributed by atoms with Gasteiger partial charge in [0.2, 0.25) is 0 Å². The minimum absolute atomic E-state index is 0.0644. The Hall–Kier alpha value is -2.25. The van der Waals surface area contributed by atoms with Crippen molar-refractivity contribution in [2.75, 3.05) is 33.3 Å². The highest BCUT2D eigenvalue weighted by molar-refractivity contribution is 7.12. The molecule has 4 rings (SSSR count). The fourth-order valence-electron chi connectivity index (χ4n) is 3.79. The second kappa shape index (κ2) is 10.8. The number of aryl methyl sites for hydroxylation is 1. The van der Waals surface area contributed by atoms with Crippen LogP contribution in [0.15, 0.2) is 47.8 Å². The number of amides is 1. The Labute approximate surface area is 208 Å². The van der Waals surface area contributed by atoms with Gasteiger partial charge in [-0.25, -0.2) is 0 Å². The lowest BCUT2D eigenvalue weighted by atomic mass is 10.2. The van der Waals surface area contributed by atoms with Gasteiger partial charge in [-0.2, -0.15) is 0 Å². The van der Waals surface area contributed by atoms with E-state index < -0.39 is 0 Å². The van der Waals surface area contributed by atoms with Crippen LogP contribution in [-0.4, -0.2) is 49.0 Å². The molecule has 0 bridgehead atoms. The average molecular weight is 505 g/mol. The molecule has 1 fully saturated rings. The summed E-state index contributed by atoms with van der Waals surface area (Å²) in [5.74, 6) is 1.46. The van der Waals surface area contributed by atoms with Gasteiger partial charge in [0.1, 0.15) is 6.61 Å². The highest BCUT2D eigenvalue weighted by Crippen LogP contribution is 2.29. The molecule has 33 heavy (non-hydrogen) atoms. The zero-order chi connectivity index (χ0) is 23.4. The molecule has 0 radical (unpaired) electrons. The van der Waals surface area contributed by atoms with Crippen LogP contribution in [-0.2, 0) is 13.2 Å². The largest absolute Gasteiger partial charge is 0.493 e. The van der Waals surface area contributed by atoms with Gasteiger partial charge in [-0.3, -0.25) is 9.69 Å². The van der Waals surface area contributed by atoms with Gasteiger partial charge in [-0.1, -0.05) is 35.3 Å². The fourth-order valence-corrected chi connectivity index (χ4v) is 5.17. The Balaban J connectivity index is 1.31. The van der Waals surface area contributed by atoms with E-state index in [4.69, 9.17) is 32.7 Å². The molecule has 1 aromatic heterocycles. The van der Waals surface area contributed by atoms with E-state index in [0.29, 0.717) is 47.8 Å². The highest BCUT2D eigenvalue weighted by Gasteiger charge is 2.24. The number of ether oxygens (including phenoxy) is 2. The molecule has 1 aliphatic rings. The van der Waals surface area contributed by atoms with E-state index in [-0.39, 0.29) is 5.91 Å². The average Bonchev–Trinajstić information content (AvgIpc) is 3.29. The number of carbonyl (C=O) groups is 1. The summed E-state index contributed by atoms with van der Waals surface area (Å²) >= 11 is 14.1. The molecule has 2 heterocycles. The number of hydrogen-bond donors (Lipinski definition) is 0. The van der Waals surface area contributed by atoms with Gasteiger partial charge in [0.15, 0.2) is 11.5 Å². The Bertz CT molecular complexity index is 1110. The third kappa shape index (κ3) is 5.82. The van der Waals surface area contributed by atoms with Crippen LogP contribution in [0.4, 0.5) is 0 Å². The zero-order valence-corrected chi connectivity index (χ0v) is 21.0. The first-order valence-corrected chi connectivity index (χ1v) is 12.4. The number of benzene rings is 2. The van der Waals surface area contributed by atoms with Gasteiger partial charge in [-0.05, 0) is 48.2 Å². The summed E-state index contributed by atoms with van der Waals surface area (Å²) < 4.78 is 11.3. The number of piperazine rings is 1. The molecule has 0 N–H and O–H groups in total. The predicted octanol–water partition coefficient (Wildman–Crippen LogP) is 5.91. The van der Waals surface area contributed by atoms with Crippen molar-refractivity contribution in [3.8, 4) is 11.5 Å². The van der Waals surface area contributed by atoms with E-state index in [1.165, 1.54) is 11.3 Å². The summed E-state index contributed by atoms with van der Waals surface area (Å²) in [4.78, 5) is 17.9. The Kier molecular flexibility index (Phi) is 7.81. The van der Waals surface area contributed by atoms with Crippen molar-refractivity contribution in [2.45, 2.75) is 20.1 Å². The lowest BCUT2D eigenvalue weighted by Crippen LogP contribution is -2.48. The van der Waals surface area contributed by atoms with Crippen molar-refractivity contribution in [1.29, 1.82) is 0 Å². The van der Waals surface area contributed by atoms with Crippen LogP contribution in [0.25, 0.3) is 0 Å². The fraction of sp³-hybridized carbons (Fsp3) is 0.320. The second-order valence-corrected chi connectivity index (χ2v) is 9.76. The molecule has 0 unspecified atom stereocenters. The maximum absolute atomic E-state index is 13.0. The molecule has 1 aliphatic heterocycles. The molecule has 174 valence electrons. The number of halogens is 2. The van der Waals surface area contributed by atoms with Crippen LogP contribution in [0.2, 0.25) is 10.0 Å². The van der Waals surface area contributed by atoms with Crippen LogP contribution in [0.3, 0.4) is 0 Å². The zero-order valence-electron chi connectivity index (χ0n) is 18.6. The van der Waals surface area contributed by atoms with Gasteiger partial charge in [0, 0.05) is 53.9 Å². The number of carbonyl (C=O) groups excluding carboxylic acids is 1. The van der Waals surface area contributed by atoms with Gasteiger partial charge in [0.25, 0.3) is 5.91 Å². The number of thiophene rings is 1. The quantitative estimate of drug-likeness (QED) is 0.401. The van der Waals surface area contributed by atoms with Gasteiger partial charge in [0.05, 0.1) is 12.0 Å². The van der Waals surface area contributed by atoms with Gasteiger partial charge >= 0.3 is 0 Å². The summed E-state index contributed by atoms with van der Waals surface area (Å²) in [6.45, 7) is 5.98. The molecular weight excluding hydrogens is 479 g/mol. The van der Waals surface area contributed by atoms with Crippen LogP contribution >= 0.6 is 34.5 Å². The van der Waals surface area contributed by atoms with E-state index >= 15 is 0 Å². The number of nitrogens with zero attached hydrogens (tertiary/aromatic N) is 2. The van der Waals surface area contributed by atoms with Crippen LogP contribution in [0.1, 0.15) is 26.4 Å². The Morgan fingerprint density at radius 3 is 2.45 bits per heavy atom. The normalized spacial score (nSPS) is 14.4. The van der Waals surface area contributed by atoms with E-state index in [2.05, 4.69) is 4.90 Å². The lowest BCUT2D eigenvalue weighted by Gasteiger charge is -2.34. The number of hydrogen-bond acceptors (Lipinski definition) is 5. The van der Waals surface area contributed by atoms with Crippen molar-refractivity contribution in [1.82, 2.24) is 9.80 Å². The molecule has 3 aromatic rings. The van der Waals surface area contributed by atoms with E-state index in [1.807, 2.05) is 59.7 Å². The second-order valence-electron chi connectivity index (χ2n) is 8.03. The molecule has 0 spiro atoms. The molecule has 2 aromatic carbocycles. The van der Waals surface area contributed by atoms with E-state index in [9.17, 15) is 4.79 Å². The van der Waals surface area contributed by atoms with Crippen molar-refractivity contribution in [3.63, 3.8) is 0 Å². The highest BCUT2D eigenvalue weighted by atomic mass is 35.5. The SMILES string of the molecule is COc1cc(C)ccc1OCc1csc(C(=O)N2CCN(Cc3c(Cl)cccc3Cl)CC2)c1. The molecular formula is C25H26Cl2N2O3S. The monoisotopic (exact) mass is 504 g/mol. The first kappa shape index (κ1) is 23.9. The van der Waals surface area contributed by atoms with E-state index in [1.54, 1.807) is 7.11 Å².